The van der Waals surface area contributed by atoms with Crippen molar-refractivity contribution >= 4 is 5.84 Å². The molecule has 1 aliphatic carbocycles. The van der Waals surface area contributed by atoms with Gasteiger partial charge >= 0.3 is 0 Å². The number of benzene rings is 1. The van der Waals surface area contributed by atoms with Crippen LogP contribution in [-0.4, -0.2) is 25.2 Å². The fraction of sp³-hybridized carbons (Fsp3) is 0.588. The summed E-state index contributed by atoms with van der Waals surface area (Å²) in [6.45, 7) is 5.82. The van der Waals surface area contributed by atoms with Gasteiger partial charge in [0.1, 0.15) is 18.2 Å². The highest BCUT2D eigenvalue weighted by Crippen LogP contribution is 2.30. The van der Waals surface area contributed by atoms with Gasteiger partial charge in [0.2, 0.25) is 0 Å². The minimum absolute atomic E-state index is 0.0746. The Hall–Kier alpha value is -1.55. The topological polar surface area (TPSA) is 68.3 Å². The van der Waals surface area contributed by atoms with Gasteiger partial charge in [-0.2, -0.15) is 0 Å². The minimum Gasteiger partial charge on any atom is -0.491 e. The van der Waals surface area contributed by atoms with Crippen LogP contribution in [0.5, 0.6) is 5.75 Å². The van der Waals surface area contributed by atoms with Crippen molar-refractivity contribution in [3.05, 3.63) is 29.8 Å². The summed E-state index contributed by atoms with van der Waals surface area (Å²) in [6.07, 6.45) is 3.98. The van der Waals surface area contributed by atoms with Gasteiger partial charge in [-0.3, -0.25) is 5.41 Å². The normalized spacial score (nSPS) is 25.5. The van der Waals surface area contributed by atoms with Crippen LogP contribution in [0.2, 0.25) is 0 Å². The van der Waals surface area contributed by atoms with Gasteiger partial charge in [-0.15, -0.1) is 0 Å². The number of rotatable bonds is 6. The first-order valence-corrected chi connectivity index (χ1v) is 7.75. The lowest BCUT2D eigenvalue weighted by molar-refractivity contribution is -0.00908. The monoisotopic (exact) mass is 290 g/mol. The SMILES string of the molecule is CC1CCC(OCCOc2ccc(C(=N)N)cc2)CC1C. The molecule has 3 atom stereocenters. The molecule has 116 valence electrons. The van der Waals surface area contributed by atoms with Crippen LogP contribution >= 0.6 is 0 Å². The highest BCUT2D eigenvalue weighted by molar-refractivity contribution is 5.94. The predicted molar refractivity (Wildman–Crippen MR) is 84.9 cm³/mol. The standard InChI is InChI=1S/C17H26N2O2/c1-12-3-6-16(11-13(12)2)21-10-9-20-15-7-4-14(5-8-15)17(18)19/h4-5,7-8,12-13,16H,3,6,9-11H2,1-2H3,(H3,18,19). The number of nitrogen functional groups attached to an aromatic ring is 1. The van der Waals surface area contributed by atoms with E-state index in [9.17, 15) is 0 Å². The second-order valence-corrected chi connectivity index (χ2v) is 6.05. The van der Waals surface area contributed by atoms with E-state index in [0.717, 1.165) is 24.0 Å². The van der Waals surface area contributed by atoms with E-state index >= 15 is 0 Å². The molecule has 0 amide bonds. The molecular weight excluding hydrogens is 264 g/mol. The smallest absolute Gasteiger partial charge is 0.122 e. The first kappa shape index (κ1) is 15.8. The molecule has 2 rings (SSSR count). The van der Waals surface area contributed by atoms with Crippen LogP contribution in [0.1, 0.15) is 38.7 Å². The van der Waals surface area contributed by atoms with E-state index in [1.807, 2.05) is 12.1 Å². The zero-order chi connectivity index (χ0) is 15.2. The lowest BCUT2D eigenvalue weighted by Gasteiger charge is -2.31. The van der Waals surface area contributed by atoms with Crippen LogP contribution in [0, 0.1) is 17.2 Å². The van der Waals surface area contributed by atoms with Crippen molar-refractivity contribution < 1.29 is 9.47 Å². The minimum atomic E-state index is 0.0746. The average molecular weight is 290 g/mol. The molecule has 4 nitrogen and oxygen atoms in total. The Morgan fingerprint density at radius 2 is 1.86 bits per heavy atom. The van der Waals surface area contributed by atoms with Crippen LogP contribution in [0.25, 0.3) is 0 Å². The van der Waals surface area contributed by atoms with Crippen molar-refractivity contribution in [1.82, 2.24) is 0 Å². The van der Waals surface area contributed by atoms with Crippen molar-refractivity contribution in [3.8, 4) is 5.75 Å². The molecule has 4 heteroatoms. The summed E-state index contributed by atoms with van der Waals surface area (Å²) in [7, 11) is 0. The molecule has 1 fully saturated rings. The Morgan fingerprint density at radius 1 is 1.14 bits per heavy atom. The quantitative estimate of drug-likeness (QED) is 0.480. The molecule has 3 unspecified atom stereocenters. The van der Waals surface area contributed by atoms with Gasteiger partial charge in [0.05, 0.1) is 12.7 Å². The third-order valence-corrected chi connectivity index (χ3v) is 4.42. The fourth-order valence-electron chi connectivity index (χ4n) is 2.75. The molecule has 1 saturated carbocycles. The van der Waals surface area contributed by atoms with E-state index in [4.69, 9.17) is 20.6 Å². The second-order valence-electron chi connectivity index (χ2n) is 6.05. The highest BCUT2D eigenvalue weighted by atomic mass is 16.5. The Morgan fingerprint density at radius 3 is 2.48 bits per heavy atom. The molecule has 3 N–H and O–H groups in total. The van der Waals surface area contributed by atoms with Crippen molar-refractivity contribution in [2.45, 2.75) is 39.2 Å². The van der Waals surface area contributed by atoms with Gasteiger partial charge in [0, 0.05) is 5.56 Å². The molecule has 0 radical (unpaired) electrons. The molecule has 21 heavy (non-hydrogen) atoms. The molecule has 0 aromatic heterocycles. The maximum atomic E-state index is 7.33. The molecule has 0 bridgehead atoms. The van der Waals surface area contributed by atoms with E-state index in [1.165, 1.54) is 12.8 Å². The number of amidine groups is 1. The molecule has 0 aliphatic heterocycles. The fourth-order valence-corrected chi connectivity index (χ4v) is 2.75. The summed E-state index contributed by atoms with van der Waals surface area (Å²) in [4.78, 5) is 0. The summed E-state index contributed by atoms with van der Waals surface area (Å²) in [5, 5.41) is 7.33. The summed E-state index contributed by atoms with van der Waals surface area (Å²) >= 11 is 0. The Balaban J connectivity index is 1.66. The Kier molecular flexibility index (Phi) is 5.62. The molecule has 1 aliphatic rings. The zero-order valence-corrected chi connectivity index (χ0v) is 13.0. The summed E-state index contributed by atoms with van der Waals surface area (Å²) in [6, 6.07) is 7.26. The lowest BCUT2D eigenvalue weighted by atomic mass is 9.80. The third-order valence-electron chi connectivity index (χ3n) is 4.42. The number of hydrogen-bond donors (Lipinski definition) is 2. The van der Waals surface area contributed by atoms with E-state index in [1.54, 1.807) is 12.1 Å². The van der Waals surface area contributed by atoms with Crippen molar-refractivity contribution in [2.75, 3.05) is 13.2 Å². The average Bonchev–Trinajstić information content (AvgIpc) is 2.47. The predicted octanol–water partition coefficient (Wildman–Crippen LogP) is 3.19. The molecule has 0 spiro atoms. The Labute approximate surface area is 127 Å². The van der Waals surface area contributed by atoms with Gasteiger partial charge < -0.3 is 15.2 Å². The molecule has 1 aromatic carbocycles. The second kappa shape index (κ2) is 7.46. The first-order valence-electron chi connectivity index (χ1n) is 7.75. The van der Waals surface area contributed by atoms with Crippen molar-refractivity contribution in [2.24, 2.45) is 17.6 Å². The van der Waals surface area contributed by atoms with Gasteiger partial charge in [-0.1, -0.05) is 13.8 Å². The summed E-state index contributed by atoms with van der Waals surface area (Å²) in [5.74, 6) is 2.43. The van der Waals surface area contributed by atoms with Crippen molar-refractivity contribution in [3.63, 3.8) is 0 Å². The van der Waals surface area contributed by atoms with Crippen molar-refractivity contribution in [1.29, 1.82) is 5.41 Å². The summed E-state index contributed by atoms with van der Waals surface area (Å²) in [5.41, 5.74) is 6.12. The van der Waals surface area contributed by atoms with E-state index in [2.05, 4.69) is 13.8 Å². The molecule has 1 aromatic rings. The third kappa shape index (κ3) is 4.74. The zero-order valence-electron chi connectivity index (χ0n) is 13.0. The first-order chi connectivity index (χ1) is 10.1. The van der Waals surface area contributed by atoms with E-state index in [-0.39, 0.29) is 5.84 Å². The number of nitrogens with one attached hydrogen (secondary N) is 1. The largest absolute Gasteiger partial charge is 0.491 e. The van der Waals surface area contributed by atoms with Crippen LogP contribution in [0.15, 0.2) is 24.3 Å². The molecular formula is C17H26N2O2. The van der Waals surface area contributed by atoms with Crippen LogP contribution in [0.3, 0.4) is 0 Å². The van der Waals surface area contributed by atoms with Gasteiger partial charge in [0.15, 0.2) is 0 Å². The van der Waals surface area contributed by atoms with Crippen LogP contribution in [-0.2, 0) is 4.74 Å². The number of ether oxygens (including phenoxy) is 2. The van der Waals surface area contributed by atoms with Gasteiger partial charge in [-0.25, -0.2) is 0 Å². The van der Waals surface area contributed by atoms with Gasteiger partial charge in [0.25, 0.3) is 0 Å². The number of hydrogen-bond acceptors (Lipinski definition) is 3. The lowest BCUT2D eigenvalue weighted by Crippen LogP contribution is -2.28. The van der Waals surface area contributed by atoms with Crippen LogP contribution < -0.4 is 10.5 Å². The summed E-state index contributed by atoms with van der Waals surface area (Å²) < 4.78 is 11.5. The molecule has 0 saturated heterocycles. The maximum Gasteiger partial charge on any atom is 0.122 e. The maximum absolute atomic E-state index is 7.33. The molecule has 0 heterocycles. The van der Waals surface area contributed by atoms with Gasteiger partial charge in [-0.05, 0) is 55.4 Å². The van der Waals surface area contributed by atoms with E-state index in [0.29, 0.717) is 24.9 Å². The number of nitrogens with two attached hydrogens (primary N) is 1. The van der Waals surface area contributed by atoms with Crippen LogP contribution in [0.4, 0.5) is 0 Å². The Bertz CT molecular complexity index is 458. The highest BCUT2D eigenvalue weighted by Gasteiger charge is 2.24. The van der Waals surface area contributed by atoms with E-state index < -0.39 is 0 Å².